The van der Waals surface area contributed by atoms with E-state index in [9.17, 15) is 24.6 Å². The molecular formula is C30H38N2O5. The predicted octanol–water partition coefficient (Wildman–Crippen LogP) is 4.20. The molecule has 1 aromatic rings. The second-order valence-corrected chi connectivity index (χ2v) is 10.0. The number of fused-ring (bicyclic) bond motifs is 2. The first-order valence-electron chi connectivity index (χ1n) is 12.9. The topological polar surface area (TPSA) is 116 Å². The number of phenolic OH excluding ortho intramolecular Hbond substituents is 1. The number of carbonyl (C=O) groups is 3. The molecule has 198 valence electrons. The Morgan fingerprint density at radius 1 is 1.19 bits per heavy atom. The van der Waals surface area contributed by atoms with Crippen molar-refractivity contribution >= 4 is 23.0 Å². The number of aliphatic hydroxyl groups is 1. The third kappa shape index (κ3) is 5.53. The van der Waals surface area contributed by atoms with Gasteiger partial charge in [0.1, 0.15) is 11.5 Å². The van der Waals surface area contributed by atoms with Crippen molar-refractivity contribution in [1.82, 2.24) is 10.9 Å². The van der Waals surface area contributed by atoms with E-state index in [1.807, 2.05) is 20.8 Å². The lowest BCUT2D eigenvalue weighted by Crippen LogP contribution is -2.50. The summed E-state index contributed by atoms with van der Waals surface area (Å²) in [5.74, 6) is -0.709. The molecule has 4 N–H and O–H groups in total. The molecule has 2 aliphatic carbocycles. The number of allylic oxidation sites excluding steroid dienone is 5. The second-order valence-electron chi connectivity index (χ2n) is 10.0. The van der Waals surface area contributed by atoms with Crippen molar-refractivity contribution in [3.8, 4) is 5.75 Å². The van der Waals surface area contributed by atoms with Crippen LogP contribution in [-0.2, 0) is 22.4 Å². The fraction of sp³-hybridized carbons (Fsp3) is 0.433. The van der Waals surface area contributed by atoms with Gasteiger partial charge in [0.2, 0.25) is 5.91 Å². The van der Waals surface area contributed by atoms with Crippen LogP contribution in [0.2, 0.25) is 0 Å². The third-order valence-corrected chi connectivity index (χ3v) is 7.49. The molecule has 7 heteroatoms. The third-order valence-electron chi connectivity index (χ3n) is 7.49. The van der Waals surface area contributed by atoms with Gasteiger partial charge in [-0.15, -0.1) is 0 Å². The molecule has 7 nitrogen and oxygen atoms in total. The smallest absolute Gasteiger partial charge is 0.234 e. The molecule has 1 amide bonds. The van der Waals surface area contributed by atoms with E-state index in [1.54, 1.807) is 0 Å². The van der Waals surface area contributed by atoms with Crippen LogP contribution in [0.15, 0.2) is 42.5 Å². The number of amides is 1. The van der Waals surface area contributed by atoms with Crippen LogP contribution in [0.3, 0.4) is 0 Å². The zero-order chi connectivity index (χ0) is 27.4. The van der Waals surface area contributed by atoms with Crippen molar-refractivity contribution in [3.63, 3.8) is 0 Å². The average Bonchev–Trinajstić information content (AvgIpc) is 2.87. The number of aromatic hydroxyl groups is 1. The van der Waals surface area contributed by atoms with E-state index in [0.717, 1.165) is 24.0 Å². The van der Waals surface area contributed by atoms with E-state index >= 15 is 0 Å². The number of hydrogen-bond acceptors (Lipinski definition) is 6. The highest BCUT2D eigenvalue weighted by Crippen LogP contribution is 2.47. The van der Waals surface area contributed by atoms with Crippen molar-refractivity contribution in [2.24, 2.45) is 5.92 Å². The highest BCUT2D eigenvalue weighted by atomic mass is 16.3. The number of nitrogens with one attached hydrogen (secondary N) is 2. The summed E-state index contributed by atoms with van der Waals surface area (Å²) in [5, 5.41) is 21.4. The highest BCUT2D eigenvalue weighted by Gasteiger charge is 2.37. The molecule has 2 atom stereocenters. The van der Waals surface area contributed by atoms with Crippen LogP contribution < -0.4 is 10.9 Å². The van der Waals surface area contributed by atoms with Gasteiger partial charge < -0.3 is 10.2 Å². The maximum Gasteiger partial charge on any atom is 0.234 e. The molecule has 1 aromatic carbocycles. The number of aliphatic hydroxyl groups excluding tert-OH is 1. The Labute approximate surface area is 219 Å². The van der Waals surface area contributed by atoms with Crippen LogP contribution in [0.5, 0.6) is 5.75 Å². The number of carbonyl (C=O) groups excluding carboxylic acids is 3. The first-order chi connectivity index (χ1) is 17.6. The molecule has 2 unspecified atom stereocenters. The Morgan fingerprint density at radius 2 is 1.89 bits per heavy atom. The number of ketones is 2. The maximum atomic E-state index is 13.5. The van der Waals surface area contributed by atoms with Crippen LogP contribution in [0, 0.1) is 12.8 Å². The van der Waals surface area contributed by atoms with Gasteiger partial charge >= 0.3 is 0 Å². The molecule has 3 rings (SSSR count). The first kappa shape index (κ1) is 28.3. The number of benzene rings is 1. The summed E-state index contributed by atoms with van der Waals surface area (Å²) in [6, 6.07) is -0.455. The van der Waals surface area contributed by atoms with Gasteiger partial charge in [-0.05, 0) is 84.4 Å². The standard InChI is InChI=1S/C30H38N2O5/c1-7-9-20(34)11-13-25(35)32-31-24(15-33)19-10-12-22-17(5)27-18(6)26(16(3)4)21(8-2)29(36)28(27)30(37)23(22)14-19/h8,19,24,31,33,37H,2-3,6-7,9-15H2,1,4-5H3,(H,32,35). The molecule has 2 aliphatic rings. The Hall–Kier alpha value is -3.29. The second kappa shape index (κ2) is 11.8. The number of hydrogen-bond donors (Lipinski definition) is 4. The van der Waals surface area contributed by atoms with Gasteiger partial charge in [0.15, 0.2) is 5.78 Å². The van der Waals surface area contributed by atoms with Gasteiger partial charge in [0.25, 0.3) is 0 Å². The Bertz CT molecular complexity index is 1210. The van der Waals surface area contributed by atoms with Crippen molar-refractivity contribution in [1.29, 1.82) is 0 Å². The predicted molar refractivity (Wildman–Crippen MR) is 145 cm³/mol. The fourth-order valence-electron chi connectivity index (χ4n) is 5.59. The molecule has 0 fully saturated rings. The van der Waals surface area contributed by atoms with Crippen LogP contribution in [-0.4, -0.2) is 40.3 Å². The minimum Gasteiger partial charge on any atom is -0.507 e. The van der Waals surface area contributed by atoms with Gasteiger partial charge in [-0.1, -0.05) is 32.7 Å². The van der Waals surface area contributed by atoms with E-state index in [1.165, 1.54) is 6.08 Å². The zero-order valence-corrected chi connectivity index (χ0v) is 22.1. The normalized spacial score (nSPS) is 17.7. The van der Waals surface area contributed by atoms with Crippen molar-refractivity contribution in [2.45, 2.75) is 71.8 Å². The summed E-state index contributed by atoms with van der Waals surface area (Å²) < 4.78 is 0. The lowest BCUT2D eigenvalue weighted by Gasteiger charge is -2.35. The van der Waals surface area contributed by atoms with Crippen LogP contribution in [0.25, 0.3) is 5.57 Å². The van der Waals surface area contributed by atoms with Crippen molar-refractivity contribution in [3.05, 3.63) is 70.3 Å². The molecule has 0 bridgehead atoms. The number of rotatable bonds is 11. The van der Waals surface area contributed by atoms with Crippen LogP contribution >= 0.6 is 0 Å². The largest absolute Gasteiger partial charge is 0.507 e. The zero-order valence-electron chi connectivity index (χ0n) is 22.1. The van der Waals surface area contributed by atoms with Gasteiger partial charge in [0, 0.05) is 24.8 Å². The summed E-state index contributed by atoms with van der Waals surface area (Å²) in [6.07, 6.45) is 4.77. The van der Waals surface area contributed by atoms with Crippen LogP contribution in [0.1, 0.15) is 78.6 Å². The van der Waals surface area contributed by atoms with E-state index < -0.39 is 6.04 Å². The number of Topliss-reactive ketones (excluding diaryl/α,β-unsaturated/α-hetero) is 2. The summed E-state index contributed by atoms with van der Waals surface area (Å²) in [6.45, 7) is 17.5. The molecule has 0 heterocycles. The molecular weight excluding hydrogens is 468 g/mol. The lowest BCUT2D eigenvalue weighted by atomic mass is 9.71. The number of phenols is 1. The Morgan fingerprint density at radius 3 is 2.49 bits per heavy atom. The van der Waals surface area contributed by atoms with Gasteiger partial charge in [-0.25, -0.2) is 5.43 Å². The summed E-state index contributed by atoms with van der Waals surface area (Å²) in [7, 11) is 0. The van der Waals surface area contributed by atoms with Crippen LogP contribution in [0.4, 0.5) is 0 Å². The van der Waals surface area contributed by atoms with Gasteiger partial charge in [-0.2, -0.15) is 0 Å². The summed E-state index contributed by atoms with van der Waals surface area (Å²) in [4.78, 5) is 37.4. The molecule has 0 saturated carbocycles. The highest BCUT2D eigenvalue weighted by molar-refractivity contribution is 6.21. The minimum absolute atomic E-state index is 0.0523. The SMILES string of the molecule is C=CC1=C(C(=C)C)C(=C)c2c(C)c3c(c(O)c2C1=O)CC(C(CO)NNC(=O)CCC(=O)CCC)CC3. The Kier molecular flexibility index (Phi) is 9.05. The van der Waals surface area contributed by atoms with E-state index in [4.69, 9.17) is 0 Å². The number of hydrazine groups is 1. The van der Waals surface area contributed by atoms with Crippen molar-refractivity contribution in [2.75, 3.05) is 6.61 Å². The monoisotopic (exact) mass is 506 g/mol. The van der Waals surface area contributed by atoms with Gasteiger partial charge in [0.05, 0.1) is 18.2 Å². The Balaban J connectivity index is 1.84. The molecule has 0 aromatic heterocycles. The molecule has 0 saturated heterocycles. The van der Waals surface area contributed by atoms with Crippen molar-refractivity contribution < 1.29 is 24.6 Å². The quantitative estimate of drug-likeness (QED) is 0.334. The van der Waals surface area contributed by atoms with E-state index in [2.05, 4.69) is 30.6 Å². The molecule has 37 heavy (non-hydrogen) atoms. The molecule has 0 spiro atoms. The van der Waals surface area contributed by atoms with E-state index in [0.29, 0.717) is 52.7 Å². The van der Waals surface area contributed by atoms with E-state index in [-0.39, 0.29) is 54.2 Å². The first-order valence-corrected chi connectivity index (χ1v) is 12.9. The lowest BCUT2D eigenvalue weighted by molar-refractivity contribution is -0.126. The fourth-order valence-corrected chi connectivity index (χ4v) is 5.59. The van der Waals surface area contributed by atoms with Gasteiger partial charge in [-0.3, -0.25) is 19.8 Å². The maximum absolute atomic E-state index is 13.5. The summed E-state index contributed by atoms with van der Waals surface area (Å²) >= 11 is 0. The summed E-state index contributed by atoms with van der Waals surface area (Å²) in [5.41, 5.74) is 11.4. The molecule has 0 radical (unpaired) electrons. The average molecular weight is 507 g/mol. The molecule has 0 aliphatic heterocycles. The minimum atomic E-state index is -0.455.